The van der Waals surface area contributed by atoms with Crippen molar-refractivity contribution in [3.05, 3.63) is 59.4 Å². The normalized spacial score (nSPS) is 23.7. The van der Waals surface area contributed by atoms with Crippen molar-refractivity contribution in [1.82, 2.24) is 14.4 Å². The summed E-state index contributed by atoms with van der Waals surface area (Å²) in [7, 11) is 1.88. The van der Waals surface area contributed by atoms with Crippen molar-refractivity contribution >= 4 is 5.91 Å². The van der Waals surface area contributed by atoms with Crippen LogP contribution in [0.1, 0.15) is 28.0 Å². The number of β-amino-alcohol motifs (C(OH)–C–C–N with tert-alkyl or cyclic N) is 1. The summed E-state index contributed by atoms with van der Waals surface area (Å²) >= 11 is 0. The van der Waals surface area contributed by atoms with Gasteiger partial charge in [-0.15, -0.1) is 0 Å². The van der Waals surface area contributed by atoms with Crippen LogP contribution < -0.4 is 0 Å². The van der Waals surface area contributed by atoms with Crippen LogP contribution in [0.4, 0.5) is 0 Å². The first-order chi connectivity index (χ1) is 12.0. The fraction of sp³-hybridized carbons (Fsp3) is 0.450. The number of hydrogen-bond acceptors (Lipinski definition) is 3. The van der Waals surface area contributed by atoms with Gasteiger partial charge < -0.3 is 14.6 Å². The molecule has 0 radical (unpaired) electrons. The van der Waals surface area contributed by atoms with Gasteiger partial charge in [0, 0.05) is 39.4 Å². The molecule has 0 unspecified atom stereocenters. The molecule has 1 fully saturated rings. The third-order valence-electron chi connectivity index (χ3n) is 5.51. The van der Waals surface area contributed by atoms with E-state index in [4.69, 9.17) is 0 Å². The number of carbonyl (C=O) groups is 1. The van der Waals surface area contributed by atoms with E-state index in [2.05, 4.69) is 29.2 Å². The zero-order valence-electron chi connectivity index (χ0n) is 14.7. The standard InChI is InChI=1S/C20H25N3O2/c1-21-10-4-7-18(21)19(24)23-12-9-20(25,15-23)14-22-11-8-16-5-2-3-6-17(16)13-22/h2-7,10,25H,8-9,11-15H2,1H3/t20-/m0/s1. The first kappa shape index (κ1) is 16.4. The van der Waals surface area contributed by atoms with Crippen molar-refractivity contribution in [2.75, 3.05) is 26.2 Å². The second-order valence-corrected chi connectivity index (χ2v) is 7.43. The van der Waals surface area contributed by atoms with Gasteiger partial charge in [0.15, 0.2) is 0 Å². The van der Waals surface area contributed by atoms with Gasteiger partial charge in [-0.3, -0.25) is 9.69 Å². The molecule has 2 aliphatic rings. The third kappa shape index (κ3) is 3.22. The molecule has 132 valence electrons. The minimum absolute atomic E-state index is 0.00687. The number of aliphatic hydroxyl groups is 1. The van der Waals surface area contributed by atoms with Crippen LogP contribution in [0.2, 0.25) is 0 Å². The van der Waals surface area contributed by atoms with Crippen LogP contribution in [-0.2, 0) is 20.0 Å². The summed E-state index contributed by atoms with van der Waals surface area (Å²) in [4.78, 5) is 16.8. The van der Waals surface area contributed by atoms with Crippen LogP contribution in [0.5, 0.6) is 0 Å². The molecule has 1 aromatic heterocycles. The van der Waals surface area contributed by atoms with Crippen LogP contribution in [0.15, 0.2) is 42.6 Å². The topological polar surface area (TPSA) is 48.7 Å². The van der Waals surface area contributed by atoms with Crippen molar-refractivity contribution in [1.29, 1.82) is 0 Å². The Morgan fingerprint density at radius 2 is 1.96 bits per heavy atom. The molecule has 1 aromatic carbocycles. The average Bonchev–Trinajstić information content (AvgIpc) is 3.20. The molecule has 2 aromatic rings. The third-order valence-corrected chi connectivity index (χ3v) is 5.51. The van der Waals surface area contributed by atoms with Gasteiger partial charge in [-0.25, -0.2) is 0 Å². The van der Waals surface area contributed by atoms with E-state index in [1.54, 1.807) is 4.90 Å². The number of amides is 1. The Morgan fingerprint density at radius 3 is 2.72 bits per heavy atom. The predicted octanol–water partition coefficient (Wildman–Crippen LogP) is 1.66. The van der Waals surface area contributed by atoms with Gasteiger partial charge in [0.05, 0.1) is 12.1 Å². The van der Waals surface area contributed by atoms with Gasteiger partial charge in [-0.1, -0.05) is 24.3 Å². The first-order valence-electron chi connectivity index (χ1n) is 8.96. The van der Waals surface area contributed by atoms with Gasteiger partial charge in [0.1, 0.15) is 5.69 Å². The Morgan fingerprint density at radius 1 is 1.16 bits per heavy atom. The van der Waals surface area contributed by atoms with Crippen molar-refractivity contribution < 1.29 is 9.90 Å². The number of nitrogens with zero attached hydrogens (tertiary/aromatic N) is 3. The van der Waals surface area contributed by atoms with Gasteiger partial charge >= 0.3 is 0 Å². The molecule has 0 bridgehead atoms. The molecule has 0 spiro atoms. The van der Waals surface area contributed by atoms with Crippen LogP contribution in [0.25, 0.3) is 0 Å². The number of carbonyl (C=O) groups excluding carboxylic acids is 1. The molecule has 1 amide bonds. The maximum atomic E-state index is 12.7. The van der Waals surface area contributed by atoms with E-state index in [9.17, 15) is 9.90 Å². The van der Waals surface area contributed by atoms with E-state index < -0.39 is 5.60 Å². The second kappa shape index (κ2) is 6.32. The Bertz CT molecular complexity index is 785. The molecular weight excluding hydrogens is 314 g/mol. The summed E-state index contributed by atoms with van der Waals surface area (Å²) in [5.41, 5.74) is 2.63. The fourth-order valence-corrected chi connectivity index (χ4v) is 4.11. The number of rotatable bonds is 3. The molecule has 2 aliphatic heterocycles. The number of aryl methyl sites for hydroxylation is 1. The van der Waals surface area contributed by atoms with Gasteiger partial charge in [0.2, 0.25) is 0 Å². The maximum Gasteiger partial charge on any atom is 0.270 e. The second-order valence-electron chi connectivity index (χ2n) is 7.43. The maximum absolute atomic E-state index is 12.7. The molecule has 0 saturated carbocycles. The van der Waals surface area contributed by atoms with E-state index in [1.165, 1.54) is 11.1 Å². The lowest BCUT2D eigenvalue weighted by molar-refractivity contribution is 0.00795. The Balaban J connectivity index is 1.41. The Hall–Kier alpha value is -2.11. The summed E-state index contributed by atoms with van der Waals surface area (Å²) in [6.45, 7) is 3.49. The lowest BCUT2D eigenvalue weighted by atomic mass is 9.97. The summed E-state index contributed by atoms with van der Waals surface area (Å²) in [6.07, 6.45) is 3.54. The first-order valence-corrected chi connectivity index (χ1v) is 8.96. The molecule has 5 heteroatoms. The molecule has 3 heterocycles. The zero-order chi connectivity index (χ0) is 17.4. The Kier molecular flexibility index (Phi) is 4.13. The smallest absolute Gasteiger partial charge is 0.270 e. The fourth-order valence-electron chi connectivity index (χ4n) is 4.11. The quantitative estimate of drug-likeness (QED) is 0.925. The minimum Gasteiger partial charge on any atom is -0.387 e. The molecule has 25 heavy (non-hydrogen) atoms. The number of hydrogen-bond donors (Lipinski definition) is 1. The number of fused-ring (bicyclic) bond motifs is 1. The SMILES string of the molecule is Cn1cccc1C(=O)N1CC[C@](O)(CN2CCc3ccccc3C2)C1. The largest absolute Gasteiger partial charge is 0.387 e. The Labute approximate surface area is 148 Å². The summed E-state index contributed by atoms with van der Waals surface area (Å²) < 4.78 is 1.83. The molecule has 1 saturated heterocycles. The van der Waals surface area contributed by atoms with Gasteiger partial charge in [0.25, 0.3) is 5.91 Å². The van der Waals surface area contributed by atoms with Gasteiger partial charge in [-0.2, -0.15) is 0 Å². The van der Waals surface area contributed by atoms with Crippen LogP contribution in [-0.4, -0.2) is 57.2 Å². The zero-order valence-corrected chi connectivity index (χ0v) is 14.7. The number of aromatic nitrogens is 1. The molecule has 5 nitrogen and oxygen atoms in total. The molecular formula is C20H25N3O2. The lowest BCUT2D eigenvalue weighted by Gasteiger charge is -2.34. The van der Waals surface area contributed by atoms with Crippen molar-refractivity contribution in [2.24, 2.45) is 7.05 Å². The van der Waals surface area contributed by atoms with Crippen LogP contribution in [0.3, 0.4) is 0 Å². The van der Waals surface area contributed by atoms with Crippen LogP contribution >= 0.6 is 0 Å². The summed E-state index contributed by atoms with van der Waals surface area (Å²) in [6, 6.07) is 12.2. The highest BCUT2D eigenvalue weighted by atomic mass is 16.3. The lowest BCUT2D eigenvalue weighted by Crippen LogP contribution is -2.47. The summed E-state index contributed by atoms with van der Waals surface area (Å²) in [5, 5.41) is 11.0. The average molecular weight is 339 g/mol. The highest BCUT2D eigenvalue weighted by molar-refractivity contribution is 5.93. The molecule has 1 N–H and O–H groups in total. The summed E-state index contributed by atoms with van der Waals surface area (Å²) in [5.74, 6) is 0.00687. The van der Waals surface area contributed by atoms with E-state index in [0.717, 1.165) is 19.5 Å². The minimum atomic E-state index is -0.812. The molecule has 1 atom stereocenters. The monoisotopic (exact) mass is 339 g/mol. The van der Waals surface area contributed by atoms with Crippen molar-refractivity contribution in [3.8, 4) is 0 Å². The van der Waals surface area contributed by atoms with Crippen LogP contribution in [0, 0.1) is 0 Å². The van der Waals surface area contributed by atoms with E-state index in [-0.39, 0.29) is 5.91 Å². The van der Waals surface area contributed by atoms with E-state index in [0.29, 0.717) is 31.7 Å². The van der Waals surface area contributed by atoms with Gasteiger partial charge in [-0.05, 0) is 36.1 Å². The molecule has 4 rings (SSSR count). The highest BCUT2D eigenvalue weighted by Gasteiger charge is 2.40. The van der Waals surface area contributed by atoms with Crippen molar-refractivity contribution in [3.63, 3.8) is 0 Å². The predicted molar refractivity (Wildman–Crippen MR) is 96.3 cm³/mol. The highest BCUT2D eigenvalue weighted by Crippen LogP contribution is 2.27. The number of likely N-dealkylation sites (tertiary alicyclic amines) is 1. The van der Waals surface area contributed by atoms with E-state index in [1.807, 2.05) is 29.9 Å². The van der Waals surface area contributed by atoms with Crippen molar-refractivity contribution in [2.45, 2.75) is 25.0 Å². The molecule has 0 aliphatic carbocycles. The van der Waals surface area contributed by atoms with E-state index >= 15 is 0 Å². The number of benzene rings is 1.